The summed E-state index contributed by atoms with van der Waals surface area (Å²) in [6, 6.07) is 9.89. The topological polar surface area (TPSA) is 61.0 Å². The molecule has 4 heteroatoms. The van der Waals surface area contributed by atoms with Crippen molar-refractivity contribution in [3.8, 4) is 5.88 Å². The highest BCUT2D eigenvalue weighted by atomic mass is 16.5. The lowest BCUT2D eigenvalue weighted by atomic mass is 10.1. The monoisotopic (exact) mass is 241 g/mol. The Labute approximate surface area is 106 Å². The van der Waals surface area contributed by atoms with Gasteiger partial charge in [-0.2, -0.15) is 4.98 Å². The third-order valence-electron chi connectivity index (χ3n) is 3.26. The van der Waals surface area contributed by atoms with Crippen molar-refractivity contribution in [1.82, 2.24) is 9.97 Å². The molecule has 3 rings (SSSR count). The first-order valence-corrected chi connectivity index (χ1v) is 6.04. The number of benzene rings is 1. The van der Waals surface area contributed by atoms with Crippen molar-refractivity contribution in [2.24, 2.45) is 5.73 Å². The highest BCUT2D eigenvalue weighted by Crippen LogP contribution is 2.31. The van der Waals surface area contributed by atoms with Crippen LogP contribution in [0.2, 0.25) is 0 Å². The molecule has 2 unspecified atom stereocenters. The van der Waals surface area contributed by atoms with E-state index in [-0.39, 0.29) is 12.1 Å². The van der Waals surface area contributed by atoms with Crippen LogP contribution in [0.1, 0.15) is 23.0 Å². The van der Waals surface area contributed by atoms with Gasteiger partial charge in [-0.15, -0.1) is 0 Å². The van der Waals surface area contributed by atoms with E-state index in [0.717, 1.165) is 6.42 Å². The fourth-order valence-electron chi connectivity index (χ4n) is 2.36. The summed E-state index contributed by atoms with van der Waals surface area (Å²) in [6.07, 6.45) is 2.49. The molecule has 0 fully saturated rings. The van der Waals surface area contributed by atoms with Crippen molar-refractivity contribution >= 4 is 0 Å². The molecule has 1 aliphatic rings. The first-order chi connectivity index (χ1) is 8.74. The summed E-state index contributed by atoms with van der Waals surface area (Å²) in [5.41, 5.74) is 8.65. The number of ether oxygens (including phenoxy) is 1. The molecule has 2 atom stereocenters. The molecule has 2 aromatic rings. The van der Waals surface area contributed by atoms with Crippen LogP contribution in [0.4, 0.5) is 0 Å². The number of aromatic nitrogens is 2. The SMILES string of the molecule is Cc1nccc(OC2Cc3ccccc3C2N)n1. The minimum Gasteiger partial charge on any atom is -0.472 e. The Hall–Kier alpha value is -1.94. The molecule has 0 radical (unpaired) electrons. The van der Waals surface area contributed by atoms with Gasteiger partial charge in [-0.25, -0.2) is 4.98 Å². The Bertz CT molecular complexity index is 570. The van der Waals surface area contributed by atoms with Crippen LogP contribution in [0.15, 0.2) is 36.5 Å². The zero-order valence-electron chi connectivity index (χ0n) is 10.2. The first kappa shape index (κ1) is 11.2. The first-order valence-electron chi connectivity index (χ1n) is 6.04. The molecular weight excluding hydrogens is 226 g/mol. The average Bonchev–Trinajstić information content (AvgIpc) is 2.67. The van der Waals surface area contributed by atoms with E-state index < -0.39 is 0 Å². The highest BCUT2D eigenvalue weighted by Gasteiger charge is 2.31. The van der Waals surface area contributed by atoms with Crippen molar-refractivity contribution in [2.45, 2.75) is 25.5 Å². The molecule has 0 spiro atoms. The van der Waals surface area contributed by atoms with Gasteiger partial charge < -0.3 is 10.5 Å². The maximum Gasteiger partial charge on any atom is 0.216 e. The maximum absolute atomic E-state index is 6.21. The van der Waals surface area contributed by atoms with Crippen molar-refractivity contribution in [3.63, 3.8) is 0 Å². The fraction of sp³-hybridized carbons (Fsp3) is 0.286. The molecule has 1 aromatic carbocycles. The lowest BCUT2D eigenvalue weighted by Gasteiger charge is -2.17. The molecule has 1 aromatic heterocycles. The molecule has 1 aliphatic carbocycles. The Balaban J connectivity index is 1.81. The molecule has 0 saturated carbocycles. The summed E-state index contributed by atoms with van der Waals surface area (Å²) >= 11 is 0. The largest absolute Gasteiger partial charge is 0.472 e. The molecule has 0 saturated heterocycles. The van der Waals surface area contributed by atoms with E-state index in [1.807, 2.05) is 19.1 Å². The second-order valence-electron chi connectivity index (χ2n) is 4.53. The van der Waals surface area contributed by atoms with E-state index in [4.69, 9.17) is 10.5 Å². The number of nitrogens with two attached hydrogens (primary N) is 1. The van der Waals surface area contributed by atoms with Crippen LogP contribution in [0, 0.1) is 6.92 Å². The fourth-order valence-corrected chi connectivity index (χ4v) is 2.36. The average molecular weight is 241 g/mol. The van der Waals surface area contributed by atoms with Gasteiger partial charge in [-0.05, 0) is 18.1 Å². The minimum atomic E-state index is -0.0866. The number of rotatable bonds is 2. The second-order valence-corrected chi connectivity index (χ2v) is 4.53. The molecule has 2 N–H and O–H groups in total. The van der Waals surface area contributed by atoms with E-state index in [1.54, 1.807) is 12.3 Å². The van der Waals surface area contributed by atoms with Crippen LogP contribution >= 0.6 is 0 Å². The Kier molecular flexibility index (Phi) is 2.72. The zero-order valence-corrected chi connectivity index (χ0v) is 10.2. The number of nitrogens with zero attached hydrogens (tertiary/aromatic N) is 2. The van der Waals surface area contributed by atoms with E-state index >= 15 is 0 Å². The van der Waals surface area contributed by atoms with Gasteiger partial charge in [0.05, 0.1) is 6.04 Å². The quantitative estimate of drug-likeness (QED) is 0.870. The zero-order chi connectivity index (χ0) is 12.5. The van der Waals surface area contributed by atoms with E-state index in [2.05, 4.69) is 22.1 Å². The van der Waals surface area contributed by atoms with Gasteiger partial charge in [0.15, 0.2) is 0 Å². The molecule has 0 amide bonds. The predicted octanol–water partition coefficient (Wildman–Crippen LogP) is 1.79. The summed E-state index contributed by atoms with van der Waals surface area (Å²) < 4.78 is 5.87. The molecule has 92 valence electrons. The van der Waals surface area contributed by atoms with Crippen LogP contribution in [0.25, 0.3) is 0 Å². The van der Waals surface area contributed by atoms with Gasteiger partial charge in [-0.3, -0.25) is 0 Å². The number of hydrogen-bond acceptors (Lipinski definition) is 4. The number of hydrogen-bond donors (Lipinski definition) is 1. The van der Waals surface area contributed by atoms with E-state index in [0.29, 0.717) is 11.7 Å². The van der Waals surface area contributed by atoms with Crippen LogP contribution in [0.5, 0.6) is 5.88 Å². The lowest BCUT2D eigenvalue weighted by molar-refractivity contribution is 0.177. The van der Waals surface area contributed by atoms with Gasteiger partial charge in [0.25, 0.3) is 0 Å². The van der Waals surface area contributed by atoms with Crippen LogP contribution in [-0.2, 0) is 6.42 Å². The number of aryl methyl sites for hydroxylation is 1. The third kappa shape index (κ3) is 1.95. The van der Waals surface area contributed by atoms with E-state index in [1.165, 1.54) is 11.1 Å². The van der Waals surface area contributed by atoms with E-state index in [9.17, 15) is 0 Å². The van der Waals surface area contributed by atoms with Crippen molar-refractivity contribution in [2.75, 3.05) is 0 Å². The normalized spacial score (nSPS) is 21.7. The molecular formula is C14H15N3O. The number of fused-ring (bicyclic) bond motifs is 1. The Morgan fingerprint density at radius 1 is 1.28 bits per heavy atom. The Morgan fingerprint density at radius 3 is 2.89 bits per heavy atom. The van der Waals surface area contributed by atoms with Gasteiger partial charge in [0, 0.05) is 18.7 Å². The van der Waals surface area contributed by atoms with Crippen LogP contribution in [-0.4, -0.2) is 16.1 Å². The van der Waals surface area contributed by atoms with Crippen molar-refractivity contribution in [1.29, 1.82) is 0 Å². The summed E-state index contributed by atoms with van der Waals surface area (Å²) in [7, 11) is 0. The summed E-state index contributed by atoms with van der Waals surface area (Å²) in [6.45, 7) is 1.84. The molecule has 4 nitrogen and oxygen atoms in total. The summed E-state index contributed by atoms with van der Waals surface area (Å²) in [5, 5.41) is 0. The van der Waals surface area contributed by atoms with Crippen molar-refractivity contribution in [3.05, 3.63) is 53.5 Å². The lowest BCUT2D eigenvalue weighted by Crippen LogP contribution is -2.28. The Morgan fingerprint density at radius 2 is 2.11 bits per heavy atom. The molecule has 0 bridgehead atoms. The van der Waals surface area contributed by atoms with Crippen LogP contribution in [0.3, 0.4) is 0 Å². The summed E-state index contributed by atoms with van der Waals surface area (Å²) in [4.78, 5) is 8.30. The molecule has 1 heterocycles. The molecule has 18 heavy (non-hydrogen) atoms. The standard InChI is InChI=1S/C14H15N3O/c1-9-16-7-6-13(17-9)18-12-8-10-4-2-3-5-11(10)14(12)15/h2-7,12,14H,8,15H2,1H3. The predicted molar refractivity (Wildman–Crippen MR) is 68.3 cm³/mol. The summed E-state index contributed by atoms with van der Waals surface area (Å²) in [5.74, 6) is 1.30. The van der Waals surface area contributed by atoms with Gasteiger partial charge >= 0.3 is 0 Å². The third-order valence-corrected chi connectivity index (χ3v) is 3.26. The van der Waals surface area contributed by atoms with Gasteiger partial charge in [-0.1, -0.05) is 24.3 Å². The smallest absolute Gasteiger partial charge is 0.216 e. The highest BCUT2D eigenvalue weighted by molar-refractivity contribution is 5.36. The molecule has 0 aliphatic heterocycles. The van der Waals surface area contributed by atoms with Gasteiger partial charge in [0.2, 0.25) is 5.88 Å². The van der Waals surface area contributed by atoms with Gasteiger partial charge in [0.1, 0.15) is 11.9 Å². The van der Waals surface area contributed by atoms with Crippen molar-refractivity contribution < 1.29 is 4.74 Å². The van der Waals surface area contributed by atoms with Crippen LogP contribution < -0.4 is 10.5 Å². The minimum absolute atomic E-state index is 0.0447. The maximum atomic E-state index is 6.21. The second kappa shape index (κ2) is 4.38.